The summed E-state index contributed by atoms with van der Waals surface area (Å²) in [6.45, 7) is 0.449. The number of rotatable bonds is 4. The second-order valence-corrected chi connectivity index (χ2v) is 7.01. The van der Waals surface area contributed by atoms with Gasteiger partial charge in [-0.3, -0.25) is 9.69 Å². The first-order valence-electron chi connectivity index (χ1n) is 9.24. The van der Waals surface area contributed by atoms with Crippen molar-refractivity contribution in [3.8, 4) is 11.5 Å². The van der Waals surface area contributed by atoms with E-state index in [4.69, 9.17) is 9.47 Å². The lowest BCUT2D eigenvalue weighted by Crippen LogP contribution is -2.44. The van der Waals surface area contributed by atoms with Gasteiger partial charge < -0.3 is 19.8 Å². The van der Waals surface area contributed by atoms with E-state index in [1.165, 1.54) is 4.90 Å². The highest BCUT2D eigenvalue weighted by molar-refractivity contribution is 6.04. The van der Waals surface area contributed by atoms with Gasteiger partial charge in [-0.15, -0.1) is 0 Å². The second-order valence-electron chi connectivity index (χ2n) is 7.01. The molecular weight excluding hydrogens is 358 g/mol. The number of imide groups is 1. The predicted octanol–water partition coefficient (Wildman–Crippen LogP) is 2.47. The van der Waals surface area contributed by atoms with Crippen molar-refractivity contribution >= 4 is 22.8 Å². The summed E-state index contributed by atoms with van der Waals surface area (Å²) in [5, 5.41) is 3.85. The Bertz CT molecular complexity index is 1060. The van der Waals surface area contributed by atoms with Crippen LogP contribution in [0.3, 0.4) is 0 Å². The molecule has 5 rings (SSSR count). The molecule has 1 saturated heterocycles. The number of aromatic nitrogens is 1. The van der Waals surface area contributed by atoms with Crippen molar-refractivity contribution in [2.75, 3.05) is 13.2 Å². The van der Waals surface area contributed by atoms with Crippen LogP contribution in [0.15, 0.2) is 54.7 Å². The van der Waals surface area contributed by atoms with Crippen molar-refractivity contribution in [2.24, 2.45) is 0 Å². The number of carbonyl (C=O) groups excluding carboxylic acids is 2. The third-order valence-electron chi connectivity index (χ3n) is 5.16. The minimum Gasteiger partial charge on any atom is -0.486 e. The first-order valence-corrected chi connectivity index (χ1v) is 9.24. The fourth-order valence-electron chi connectivity index (χ4n) is 3.77. The molecule has 0 spiro atoms. The zero-order valence-corrected chi connectivity index (χ0v) is 15.1. The Morgan fingerprint density at radius 3 is 2.71 bits per heavy atom. The smallest absolute Gasteiger partial charge is 0.324 e. The molecule has 0 aliphatic carbocycles. The minimum atomic E-state index is -0.580. The van der Waals surface area contributed by atoms with Crippen molar-refractivity contribution in [3.05, 3.63) is 60.3 Å². The molecule has 0 unspecified atom stereocenters. The van der Waals surface area contributed by atoms with Gasteiger partial charge in [-0.1, -0.05) is 30.3 Å². The topological polar surface area (TPSA) is 83.7 Å². The van der Waals surface area contributed by atoms with E-state index >= 15 is 0 Å². The monoisotopic (exact) mass is 377 g/mol. The maximum absolute atomic E-state index is 12.8. The molecule has 3 amide bonds. The maximum atomic E-state index is 12.8. The number of ether oxygens (including phenoxy) is 2. The maximum Gasteiger partial charge on any atom is 0.324 e. The van der Waals surface area contributed by atoms with Crippen molar-refractivity contribution < 1.29 is 19.1 Å². The van der Waals surface area contributed by atoms with Crippen LogP contribution in [0.5, 0.6) is 11.5 Å². The standard InChI is InChI=1S/C21H19N3O4/c25-20-17(9-13-10-22-16-6-2-1-5-15(13)16)23-21(26)24(20)11-14-12-27-18-7-3-4-8-19(18)28-14/h1-8,10,14,17,22H,9,11-12H2,(H,23,26)/t14-,17-/m0/s1. The van der Waals surface area contributed by atoms with E-state index in [1.54, 1.807) is 0 Å². The number of benzene rings is 2. The zero-order chi connectivity index (χ0) is 19.1. The number of amides is 3. The number of H-pyrrole nitrogens is 1. The van der Waals surface area contributed by atoms with E-state index in [0.29, 0.717) is 24.5 Å². The van der Waals surface area contributed by atoms with E-state index < -0.39 is 18.2 Å². The number of urea groups is 1. The average molecular weight is 377 g/mol. The second kappa shape index (κ2) is 6.60. The van der Waals surface area contributed by atoms with Crippen LogP contribution in [-0.2, 0) is 11.2 Å². The summed E-state index contributed by atoms with van der Waals surface area (Å²) in [7, 11) is 0. The Balaban J connectivity index is 1.28. The van der Waals surface area contributed by atoms with E-state index in [9.17, 15) is 9.59 Å². The Labute approximate surface area is 161 Å². The van der Waals surface area contributed by atoms with Crippen LogP contribution in [-0.4, -0.2) is 47.1 Å². The highest BCUT2D eigenvalue weighted by atomic mass is 16.6. The first-order chi connectivity index (χ1) is 13.7. The Kier molecular flexibility index (Phi) is 3.93. The molecule has 2 aliphatic rings. The van der Waals surface area contributed by atoms with Gasteiger partial charge in [-0.25, -0.2) is 4.79 Å². The lowest BCUT2D eigenvalue weighted by atomic mass is 10.1. The summed E-state index contributed by atoms with van der Waals surface area (Å²) in [6.07, 6.45) is 1.94. The minimum absolute atomic E-state index is 0.156. The van der Waals surface area contributed by atoms with Crippen LogP contribution in [0.4, 0.5) is 4.79 Å². The van der Waals surface area contributed by atoms with E-state index in [1.807, 2.05) is 54.7 Å². The van der Waals surface area contributed by atoms with Gasteiger partial charge in [0.15, 0.2) is 17.6 Å². The number of nitrogens with zero attached hydrogens (tertiary/aromatic N) is 1. The fraction of sp³-hybridized carbons (Fsp3) is 0.238. The zero-order valence-electron chi connectivity index (χ0n) is 15.1. The summed E-state index contributed by atoms with van der Waals surface area (Å²) >= 11 is 0. The van der Waals surface area contributed by atoms with Crippen LogP contribution in [0, 0.1) is 0 Å². The fourth-order valence-corrected chi connectivity index (χ4v) is 3.77. The lowest BCUT2D eigenvalue weighted by molar-refractivity contribution is -0.128. The summed E-state index contributed by atoms with van der Waals surface area (Å²) in [5.74, 6) is 1.06. The molecule has 142 valence electrons. The highest BCUT2D eigenvalue weighted by Crippen LogP contribution is 2.31. The molecule has 0 bridgehead atoms. The first kappa shape index (κ1) is 16.7. The molecule has 1 aromatic heterocycles. The van der Waals surface area contributed by atoms with E-state index in [2.05, 4.69) is 10.3 Å². The Morgan fingerprint density at radius 1 is 1.04 bits per heavy atom. The number of hydrogen-bond donors (Lipinski definition) is 2. The van der Waals surface area contributed by atoms with Crippen molar-refractivity contribution in [2.45, 2.75) is 18.6 Å². The van der Waals surface area contributed by atoms with Crippen LogP contribution < -0.4 is 14.8 Å². The van der Waals surface area contributed by atoms with Gasteiger partial charge in [0.05, 0.1) is 6.54 Å². The number of hydrogen-bond acceptors (Lipinski definition) is 4. The molecule has 2 atom stereocenters. The third-order valence-corrected chi connectivity index (χ3v) is 5.16. The molecule has 7 nitrogen and oxygen atoms in total. The van der Waals surface area contributed by atoms with Crippen LogP contribution in [0.2, 0.25) is 0 Å². The van der Waals surface area contributed by atoms with Gasteiger partial charge in [-0.05, 0) is 23.8 Å². The van der Waals surface area contributed by atoms with Crippen molar-refractivity contribution in [1.82, 2.24) is 15.2 Å². The number of fused-ring (bicyclic) bond motifs is 2. The van der Waals surface area contributed by atoms with Crippen molar-refractivity contribution in [1.29, 1.82) is 0 Å². The number of aromatic amines is 1. The molecule has 7 heteroatoms. The Hall–Kier alpha value is -3.48. The van der Waals surface area contributed by atoms with Gasteiger partial charge in [0, 0.05) is 23.5 Å². The largest absolute Gasteiger partial charge is 0.486 e. The summed E-state index contributed by atoms with van der Waals surface area (Å²) in [5.41, 5.74) is 2.01. The van der Waals surface area contributed by atoms with Crippen LogP contribution in [0.1, 0.15) is 5.56 Å². The normalized spacial score (nSPS) is 21.2. The molecule has 1 fully saturated rings. The van der Waals surface area contributed by atoms with Gasteiger partial charge in [-0.2, -0.15) is 0 Å². The molecule has 2 aromatic carbocycles. The molecule has 0 saturated carbocycles. The summed E-state index contributed by atoms with van der Waals surface area (Å²) in [4.78, 5) is 29.7. The van der Waals surface area contributed by atoms with E-state index in [0.717, 1.165) is 16.5 Å². The van der Waals surface area contributed by atoms with Gasteiger partial charge in [0.1, 0.15) is 12.6 Å². The molecule has 2 aliphatic heterocycles. The van der Waals surface area contributed by atoms with Crippen LogP contribution >= 0.6 is 0 Å². The predicted molar refractivity (Wildman–Crippen MR) is 102 cm³/mol. The molecule has 0 radical (unpaired) electrons. The molecule has 2 N–H and O–H groups in total. The average Bonchev–Trinajstić information content (AvgIpc) is 3.24. The number of para-hydroxylation sites is 3. The lowest BCUT2D eigenvalue weighted by Gasteiger charge is -2.28. The molecule has 3 aromatic rings. The van der Waals surface area contributed by atoms with E-state index in [-0.39, 0.29) is 12.5 Å². The van der Waals surface area contributed by atoms with Crippen LogP contribution in [0.25, 0.3) is 10.9 Å². The quantitative estimate of drug-likeness (QED) is 0.684. The summed E-state index contributed by atoms with van der Waals surface area (Å²) < 4.78 is 11.6. The highest BCUT2D eigenvalue weighted by Gasteiger charge is 2.40. The number of carbonyl (C=O) groups is 2. The van der Waals surface area contributed by atoms with Gasteiger partial charge in [0.2, 0.25) is 0 Å². The molecular formula is C21H19N3O4. The SMILES string of the molecule is O=C1N[C@@H](Cc2c[nH]c3ccccc23)C(=O)N1C[C@H]1COc2ccccc2O1. The van der Waals surface area contributed by atoms with Gasteiger partial charge >= 0.3 is 6.03 Å². The molecule has 3 heterocycles. The van der Waals surface area contributed by atoms with Gasteiger partial charge in [0.25, 0.3) is 5.91 Å². The Morgan fingerprint density at radius 2 is 1.82 bits per heavy atom. The number of nitrogens with one attached hydrogen (secondary N) is 2. The third kappa shape index (κ3) is 2.85. The molecule has 28 heavy (non-hydrogen) atoms. The van der Waals surface area contributed by atoms with Crippen molar-refractivity contribution in [3.63, 3.8) is 0 Å². The summed E-state index contributed by atoms with van der Waals surface area (Å²) in [6, 6.07) is 14.3.